The zero-order chi connectivity index (χ0) is 21.6. The van der Waals surface area contributed by atoms with Gasteiger partial charge >= 0.3 is 0 Å². The number of rotatable bonds is 7. The summed E-state index contributed by atoms with van der Waals surface area (Å²) in [4.78, 5) is 16.9. The Kier molecular flexibility index (Phi) is 6.69. The van der Waals surface area contributed by atoms with Gasteiger partial charge in [0.15, 0.2) is 0 Å². The van der Waals surface area contributed by atoms with Crippen molar-refractivity contribution in [3.05, 3.63) is 65.4 Å². The van der Waals surface area contributed by atoms with Gasteiger partial charge in [-0.2, -0.15) is 5.26 Å². The molecular formula is C26H30N4O. The fraction of sp³-hybridized carbons (Fsp3) is 0.385. The number of benzene rings is 2. The van der Waals surface area contributed by atoms with E-state index in [1.54, 1.807) is 6.20 Å². The maximum absolute atomic E-state index is 11.1. The van der Waals surface area contributed by atoms with E-state index in [0.717, 1.165) is 53.9 Å². The maximum Gasteiger partial charge on any atom is 0.221 e. The normalized spacial score (nSPS) is 15.1. The van der Waals surface area contributed by atoms with Crippen LogP contribution < -0.4 is 5.32 Å². The molecular weight excluding hydrogens is 384 g/mol. The van der Waals surface area contributed by atoms with E-state index in [1.165, 1.54) is 44.0 Å². The summed E-state index contributed by atoms with van der Waals surface area (Å²) in [6, 6.07) is 16.9. The van der Waals surface area contributed by atoms with Gasteiger partial charge in [-0.3, -0.25) is 4.79 Å². The summed E-state index contributed by atoms with van der Waals surface area (Å²) in [5.74, 6) is 0.709. The molecule has 1 aliphatic heterocycles. The van der Waals surface area contributed by atoms with Crippen LogP contribution in [0.15, 0.2) is 48.7 Å². The monoisotopic (exact) mass is 414 g/mol. The second-order valence-electron chi connectivity index (χ2n) is 8.66. The maximum atomic E-state index is 11.1. The third kappa shape index (κ3) is 5.53. The van der Waals surface area contributed by atoms with Gasteiger partial charge in [0, 0.05) is 29.7 Å². The second kappa shape index (κ2) is 9.80. The number of carbonyl (C=O) groups excluding carboxylic acids is 1. The summed E-state index contributed by atoms with van der Waals surface area (Å²) in [5, 5.41) is 13.1. The number of likely N-dealkylation sites (tertiary alicyclic amines) is 1. The third-order valence-corrected chi connectivity index (χ3v) is 6.31. The zero-order valence-electron chi connectivity index (χ0n) is 18.2. The van der Waals surface area contributed by atoms with E-state index in [9.17, 15) is 10.1 Å². The molecule has 0 saturated carbocycles. The fourth-order valence-corrected chi connectivity index (χ4v) is 4.60. The molecule has 1 fully saturated rings. The lowest BCUT2D eigenvalue weighted by Crippen LogP contribution is -2.35. The molecule has 3 aromatic rings. The van der Waals surface area contributed by atoms with Crippen LogP contribution in [0.3, 0.4) is 0 Å². The van der Waals surface area contributed by atoms with Crippen LogP contribution in [0.4, 0.5) is 5.69 Å². The van der Waals surface area contributed by atoms with Crippen molar-refractivity contribution in [3.8, 4) is 6.07 Å². The Labute approximate surface area is 184 Å². The van der Waals surface area contributed by atoms with Gasteiger partial charge in [0.05, 0.1) is 5.56 Å². The topological polar surface area (TPSA) is 71.9 Å². The highest BCUT2D eigenvalue weighted by molar-refractivity contribution is 5.88. The van der Waals surface area contributed by atoms with E-state index in [2.05, 4.69) is 51.6 Å². The minimum atomic E-state index is -0.0305. The molecule has 0 radical (unpaired) electrons. The van der Waals surface area contributed by atoms with Crippen molar-refractivity contribution >= 4 is 22.5 Å². The Balaban J connectivity index is 1.20. The van der Waals surface area contributed by atoms with E-state index < -0.39 is 0 Å². The van der Waals surface area contributed by atoms with Crippen LogP contribution in [-0.4, -0.2) is 35.4 Å². The number of amides is 1. The highest BCUT2D eigenvalue weighted by atomic mass is 16.1. The molecule has 2 aromatic carbocycles. The number of nitriles is 1. The lowest BCUT2D eigenvalue weighted by molar-refractivity contribution is -0.114. The number of aromatic nitrogens is 1. The largest absolute Gasteiger partial charge is 0.360 e. The predicted octanol–water partition coefficient (Wildman–Crippen LogP) is 4.89. The number of anilines is 1. The van der Waals surface area contributed by atoms with Gasteiger partial charge in [0.1, 0.15) is 6.07 Å². The number of hydrogen-bond acceptors (Lipinski definition) is 3. The quantitative estimate of drug-likeness (QED) is 0.578. The van der Waals surface area contributed by atoms with Crippen LogP contribution in [0, 0.1) is 17.2 Å². The van der Waals surface area contributed by atoms with Gasteiger partial charge in [-0.25, -0.2) is 0 Å². The molecule has 1 amide bonds. The van der Waals surface area contributed by atoms with E-state index in [1.807, 2.05) is 12.1 Å². The molecule has 0 spiro atoms. The SMILES string of the molecule is CC(=O)Nc1ccc(CC2CCN(CCCc3ccc4[nH]cc(C#N)c4c3)CC2)cc1. The van der Waals surface area contributed by atoms with E-state index in [0.29, 0.717) is 0 Å². The number of hydrogen-bond donors (Lipinski definition) is 2. The molecule has 0 bridgehead atoms. The van der Waals surface area contributed by atoms with Gasteiger partial charge < -0.3 is 15.2 Å². The minimum Gasteiger partial charge on any atom is -0.360 e. The average molecular weight is 415 g/mol. The minimum absolute atomic E-state index is 0.0305. The first-order chi connectivity index (χ1) is 15.1. The van der Waals surface area contributed by atoms with E-state index in [-0.39, 0.29) is 5.91 Å². The molecule has 5 nitrogen and oxygen atoms in total. The molecule has 0 unspecified atom stereocenters. The average Bonchev–Trinajstić information content (AvgIpc) is 3.18. The van der Waals surface area contributed by atoms with Gasteiger partial charge in [-0.1, -0.05) is 18.2 Å². The highest BCUT2D eigenvalue weighted by Gasteiger charge is 2.19. The summed E-state index contributed by atoms with van der Waals surface area (Å²) < 4.78 is 0. The number of nitrogens with zero attached hydrogens (tertiary/aromatic N) is 2. The van der Waals surface area contributed by atoms with Crippen molar-refractivity contribution in [1.29, 1.82) is 5.26 Å². The highest BCUT2D eigenvalue weighted by Crippen LogP contribution is 2.24. The second-order valence-corrected chi connectivity index (χ2v) is 8.66. The summed E-state index contributed by atoms with van der Waals surface area (Å²) in [6.45, 7) is 5.01. The van der Waals surface area contributed by atoms with Crippen LogP contribution >= 0.6 is 0 Å². The Morgan fingerprint density at radius 1 is 1.16 bits per heavy atom. The van der Waals surface area contributed by atoms with Crippen LogP contribution in [0.1, 0.15) is 42.9 Å². The van der Waals surface area contributed by atoms with Crippen LogP contribution in [0.5, 0.6) is 0 Å². The van der Waals surface area contributed by atoms with Crippen molar-refractivity contribution in [2.75, 3.05) is 25.0 Å². The molecule has 1 aromatic heterocycles. The number of aromatic amines is 1. The lowest BCUT2D eigenvalue weighted by Gasteiger charge is -2.32. The molecule has 1 saturated heterocycles. The Morgan fingerprint density at radius 3 is 2.61 bits per heavy atom. The first-order valence-corrected chi connectivity index (χ1v) is 11.2. The van der Waals surface area contributed by atoms with E-state index >= 15 is 0 Å². The van der Waals surface area contributed by atoms with E-state index in [4.69, 9.17) is 0 Å². The van der Waals surface area contributed by atoms with Gasteiger partial charge in [0.25, 0.3) is 0 Å². The van der Waals surface area contributed by atoms with Crippen LogP contribution in [0.2, 0.25) is 0 Å². The zero-order valence-corrected chi connectivity index (χ0v) is 18.2. The first-order valence-electron chi connectivity index (χ1n) is 11.2. The standard InChI is InChI=1S/C26H30N4O/c1-19(31)29-24-7-4-21(5-8-24)15-22-10-13-30(14-11-22)12-2-3-20-6-9-26-25(16-20)23(17-27)18-28-26/h4-9,16,18,22,28H,2-3,10-15H2,1H3,(H,29,31). The van der Waals surface area contributed by atoms with Crippen LogP contribution in [-0.2, 0) is 17.6 Å². The Hall–Kier alpha value is -3.10. The molecule has 0 atom stereocenters. The van der Waals surface area contributed by atoms with Gasteiger partial charge in [-0.15, -0.1) is 0 Å². The van der Waals surface area contributed by atoms with Crippen molar-refractivity contribution in [2.45, 2.75) is 39.0 Å². The number of fused-ring (bicyclic) bond motifs is 1. The first kappa shape index (κ1) is 21.1. The summed E-state index contributed by atoms with van der Waals surface area (Å²) >= 11 is 0. The number of H-pyrrole nitrogens is 1. The Morgan fingerprint density at radius 2 is 1.90 bits per heavy atom. The number of carbonyl (C=O) groups is 1. The third-order valence-electron chi connectivity index (χ3n) is 6.31. The van der Waals surface area contributed by atoms with Crippen LogP contribution in [0.25, 0.3) is 10.9 Å². The van der Waals surface area contributed by atoms with Gasteiger partial charge in [-0.05, 0) is 93.0 Å². The number of aryl methyl sites for hydroxylation is 1. The smallest absolute Gasteiger partial charge is 0.221 e. The molecule has 160 valence electrons. The molecule has 0 aliphatic carbocycles. The number of piperidine rings is 1. The van der Waals surface area contributed by atoms with Crippen molar-refractivity contribution < 1.29 is 4.79 Å². The summed E-state index contributed by atoms with van der Waals surface area (Å²) in [5.41, 5.74) is 5.28. The molecule has 2 heterocycles. The lowest BCUT2D eigenvalue weighted by atomic mass is 9.90. The summed E-state index contributed by atoms with van der Waals surface area (Å²) in [6.07, 6.45) is 7.59. The predicted molar refractivity (Wildman–Crippen MR) is 125 cm³/mol. The molecule has 2 N–H and O–H groups in total. The molecule has 4 rings (SSSR count). The summed E-state index contributed by atoms with van der Waals surface area (Å²) in [7, 11) is 0. The fourth-order valence-electron chi connectivity index (χ4n) is 4.60. The van der Waals surface area contributed by atoms with Crippen molar-refractivity contribution in [1.82, 2.24) is 9.88 Å². The van der Waals surface area contributed by atoms with Crippen molar-refractivity contribution in [3.63, 3.8) is 0 Å². The van der Waals surface area contributed by atoms with Crippen molar-refractivity contribution in [2.24, 2.45) is 5.92 Å². The Bertz CT molecular complexity index is 1070. The molecule has 1 aliphatic rings. The molecule has 5 heteroatoms. The van der Waals surface area contributed by atoms with Gasteiger partial charge in [0.2, 0.25) is 5.91 Å². The number of nitrogens with one attached hydrogen (secondary N) is 2. The molecule has 31 heavy (non-hydrogen) atoms.